The summed E-state index contributed by atoms with van der Waals surface area (Å²) in [6, 6.07) is 4.18. The van der Waals surface area contributed by atoms with E-state index >= 15 is 0 Å². The van der Waals surface area contributed by atoms with Crippen LogP contribution in [-0.4, -0.2) is 30.2 Å². The van der Waals surface area contributed by atoms with Crippen LogP contribution in [0.25, 0.3) is 0 Å². The first kappa shape index (κ1) is 11.6. The van der Waals surface area contributed by atoms with Gasteiger partial charge in [-0.15, -0.1) is 4.85 Å². The Hall–Kier alpha value is -1.87. The number of pyridine rings is 1. The third-order valence-electron chi connectivity index (χ3n) is 2.02. The van der Waals surface area contributed by atoms with Gasteiger partial charge in [-0.3, -0.25) is 4.98 Å². The van der Waals surface area contributed by atoms with E-state index in [1.165, 1.54) is 6.20 Å². The number of thiocarbonyl (C=S) groups is 1. The lowest BCUT2D eigenvalue weighted by molar-refractivity contribution is -0.707. The van der Waals surface area contributed by atoms with Crippen LogP contribution >= 0.6 is 24.8 Å². The van der Waals surface area contributed by atoms with Gasteiger partial charge in [0.15, 0.2) is 5.21 Å². The number of nitrogens with zero attached hydrogens (tertiary/aromatic N) is 5. The fourth-order valence-corrected chi connectivity index (χ4v) is 1.70. The van der Waals surface area contributed by atoms with Crippen molar-refractivity contribution in [3.63, 3.8) is 0 Å². The number of aliphatic hydroxyl groups excluding tert-OH is 1. The van der Waals surface area contributed by atoms with E-state index in [1.54, 1.807) is 18.2 Å². The molecule has 1 N–H and O–H groups in total. The van der Waals surface area contributed by atoms with Crippen LogP contribution in [0.3, 0.4) is 0 Å². The summed E-state index contributed by atoms with van der Waals surface area (Å²) in [7, 11) is 0. The Morgan fingerprint density at radius 1 is 1.53 bits per heavy atom. The molecule has 0 fully saturated rings. The van der Waals surface area contributed by atoms with E-state index in [-0.39, 0.29) is 15.1 Å². The predicted molar refractivity (Wildman–Crippen MR) is 62.4 cm³/mol. The highest BCUT2D eigenvalue weighted by Crippen LogP contribution is 2.18. The maximum absolute atomic E-state index is 11.1. The van der Waals surface area contributed by atoms with Gasteiger partial charge < -0.3 is 10.3 Å². The molecule has 9 heteroatoms. The third kappa shape index (κ3) is 2.15. The van der Waals surface area contributed by atoms with Gasteiger partial charge in [-0.2, -0.15) is 0 Å². The number of rotatable bonds is 3. The van der Waals surface area contributed by atoms with Crippen molar-refractivity contribution in [2.45, 2.75) is 11.2 Å². The van der Waals surface area contributed by atoms with Crippen molar-refractivity contribution in [1.82, 2.24) is 20.1 Å². The summed E-state index contributed by atoms with van der Waals surface area (Å²) in [5.41, 5.74) is 0.427. The molecule has 0 bridgehead atoms. The van der Waals surface area contributed by atoms with Crippen molar-refractivity contribution in [3.05, 3.63) is 35.3 Å². The average Bonchev–Trinajstić information content (AvgIpc) is 2.63. The van der Waals surface area contributed by atoms with Gasteiger partial charge in [0.25, 0.3) is 0 Å². The van der Waals surface area contributed by atoms with Crippen LogP contribution < -0.4 is 4.85 Å². The van der Waals surface area contributed by atoms with Crippen molar-refractivity contribution < 1.29 is 9.95 Å². The van der Waals surface area contributed by atoms with Gasteiger partial charge in [0.2, 0.25) is 11.1 Å². The lowest BCUT2D eigenvalue weighted by atomic mass is 10.2. The minimum atomic E-state index is -0.888. The summed E-state index contributed by atoms with van der Waals surface area (Å²) in [6.45, 7) is 0. The molecule has 2 heterocycles. The number of hydrogen-bond donors (Lipinski definition) is 1. The predicted octanol–water partition coefficient (Wildman–Crippen LogP) is 0.338. The fraction of sp³-hybridized carbons (Fsp3) is 0.125. The first-order chi connectivity index (χ1) is 8.11. The van der Waals surface area contributed by atoms with Crippen molar-refractivity contribution in [1.29, 1.82) is 0 Å². The molecular weight excluding hydrogens is 262 g/mol. The zero-order chi connectivity index (χ0) is 12.4. The maximum atomic E-state index is 11.1. The largest absolute Gasteiger partial charge is 0.721 e. The zero-order valence-electron chi connectivity index (χ0n) is 8.29. The Balaban J connectivity index is 2.51. The van der Waals surface area contributed by atoms with Gasteiger partial charge in [0, 0.05) is 18.8 Å². The highest BCUT2D eigenvalue weighted by molar-refractivity contribution is 7.80. The minimum absolute atomic E-state index is 0.170. The molecule has 0 aliphatic carbocycles. The monoisotopic (exact) mass is 268 g/mol. The normalized spacial score (nSPS) is 12.2. The second-order valence-corrected chi connectivity index (χ2v) is 3.86. The summed E-state index contributed by atoms with van der Waals surface area (Å²) in [6.07, 6.45) is 1.53. The number of aliphatic hydroxyl groups is 1. The Kier molecular flexibility index (Phi) is 3.11. The van der Waals surface area contributed by atoms with Gasteiger partial charge in [0.1, 0.15) is 5.21 Å². The molecule has 87 valence electrons. The smallest absolute Gasteiger partial charge is 0.352 e. The van der Waals surface area contributed by atoms with Crippen LogP contribution in [0, 0.1) is 5.21 Å². The molecule has 0 aliphatic rings. The molecule has 2 aromatic rings. The minimum Gasteiger partial charge on any atom is -0.721 e. The fourth-order valence-electron chi connectivity index (χ4n) is 1.30. The maximum Gasteiger partial charge on any atom is 0.352 e. The van der Waals surface area contributed by atoms with Gasteiger partial charge in [-0.05, 0) is 24.4 Å². The summed E-state index contributed by atoms with van der Waals surface area (Å²) in [4.78, 5) is 4.20. The van der Waals surface area contributed by atoms with E-state index in [2.05, 4.69) is 15.4 Å². The third-order valence-corrected chi connectivity index (χ3v) is 2.59. The van der Waals surface area contributed by atoms with Crippen LogP contribution in [0.4, 0.5) is 0 Å². The summed E-state index contributed by atoms with van der Waals surface area (Å²) in [5, 5.41) is 26.7. The van der Waals surface area contributed by atoms with Crippen molar-refractivity contribution in [2.24, 2.45) is 0 Å². The van der Waals surface area contributed by atoms with Crippen molar-refractivity contribution in [3.8, 4) is 0 Å². The molecule has 0 saturated heterocycles. The lowest BCUT2D eigenvalue weighted by Crippen LogP contribution is -2.31. The summed E-state index contributed by atoms with van der Waals surface area (Å²) < 4.78 is 1.05. The Bertz CT molecular complexity index is 544. The summed E-state index contributed by atoms with van der Waals surface area (Å²) >= 11 is 9.53. The first-order valence-electron chi connectivity index (χ1n) is 4.47. The Morgan fingerprint density at radius 3 is 2.76 bits per heavy atom. The lowest BCUT2D eigenvalue weighted by Gasteiger charge is -2.08. The van der Waals surface area contributed by atoms with Crippen molar-refractivity contribution >= 4 is 29.9 Å². The average molecular weight is 268 g/mol. The molecule has 0 saturated carbocycles. The Morgan fingerprint density at radius 2 is 2.29 bits per heavy atom. The molecule has 0 spiro atoms. The molecule has 0 amide bonds. The Labute approximate surface area is 107 Å². The summed E-state index contributed by atoms with van der Waals surface area (Å²) in [5.74, 6) is 0. The number of aromatic nitrogens is 5. The standard InChI is InChI=1S/C8H6N5O2S2/c14-7(16)6(5-3-1-2-4-9-5)12-8(17)13(15)11-10-12/h1-4,6H,(H,14,16). The van der Waals surface area contributed by atoms with Gasteiger partial charge >= 0.3 is 5.16 Å². The van der Waals surface area contributed by atoms with Crippen molar-refractivity contribution in [2.75, 3.05) is 0 Å². The topological polar surface area (TPSA) is 90.8 Å². The SMILES string of the molecule is [O-][n+]1nnn(C(C(O)=S)c2ccccn2)c1[S]. The molecule has 0 aromatic carbocycles. The molecule has 1 atom stereocenters. The number of tetrazole rings is 1. The number of hydrogen-bond acceptors (Lipinski definition) is 5. The quantitative estimate of drug-likeness (QED) is 0.490. The van der Waals surface area contributed by atoms with E-state index in [0.717, 1.165) is 4.68 Å². The molecule has 2 rings (SSSR count). The first-order valence-corrected chi connectivity index (χ1v) is 5.28. The van der Waals surface area contributed by atoms with E-state index < -0.39 is 6.04 Å². The second kappa shape index (κ2) is 4.55. The zero-order valence-corrected chi connectivity index (χ0v) is 9.93. The second-order valence-electron chi connectivity index (χ2n) is 3.07. The van der Waals surface area contributed by atoms with Crippen LogP contribution in [0.15, 0.2) is 29.6 Å². The molecular formula is C8H6N5O2S2. The molecule has 7 nitrogen and oxygen atoms in total. The molecule has 17 heavy (non-hydrogen) atoms. The molecule has 1 unspecified atom stereocenters. The highest BCUT2D eigenvalue weighted by Gasteiger charge is 2.31. The van der Waals surface area contributed by atoms with E-state index in [0.29, 0.717) is 5.69 Å². The van der Waals surface area contributed by atoms with Crippen LogP contribution in [0.5, 0.6) is 0 Å². The molecule has 2 aromatic heterocycles. The van der Waals surface area contributed by atoms with E-state index in [4.69, 9.17) is 24.8 Å². The van der Waals surface area contributed by atoms with Crippen LogP contribution in [0.2, 0.25) is 0 Å². The van der Waals surface area contributed by atoms with E-state index in [1.807, 2.05) is 0 Å². The van der Waals surface area contributed by atoms with Crippen LogP contribution in [-0.2, 0) is 0 Å². The molecule has 1 radical (unpaired) electrons. The highest BCUT2D eigenvalue weighted by atomic mass is 32.1. The van der Waals surface area contributed by atoms with Gasteiger partial charge in [-0.25, -0.2) is 0 Å². The van der Waals surface area contributed by atoms with Crippen LogP contribution in [0.1, 0.15) is 11.7 Å². The van der Waals surface area contributed by atoms with Gasteiger partial charge in [0.05, 0.1) is 5.69 Å². The van der Waals surface area contributed by atoms with Gasteiger partial charge in [-0.1, -0.05) is 10.7 Å². The molecule has 0 aliphatic heterocycles. The van der Waals surface area contributed by atoms with E-state index in [9.17, 15) is 10.3 Å².